The number of alkyl halides is 2. The predicted molar refractivity (Wildman–Crippen MR) is 54.7 cm³/mol. The summed E-state index contributed by atoms with van der Waals surface area (Å²) in [5, 5.41) is 9.04. The van der Waals surface area contributed by atoms with Crippen LogP contribution < -0.4 is 0 Å². The molecule has 0 bridgehead atoms. The first kappa shape index (κ1) is 13.9. The molecule has 0 aromatic carbocycles. The van der Waals surface area contributed by atoms with Gasteiger partial charge >= 0.3 is 11.9 Å². The molecule has 17 heavy (non-hydrogen) atoms. The molecule has 98 valence electrons. The van der Waals surface area contributed by atoms with Crippen molar-refractivity contribution in [3.05, 3.63) is 0 Å². The van der Waals surface area contributed by atoms with Gasteiger partial charge in [-0.25, -0.2) is 8.78 Å². The highest BCUT2D eigenvalue weighted by molar-refractivity contribution is 5.98. The van der Waals surface area contributed by atoms with E-state index in [1.165, 1.54) is 6.92 Å². The molecule has 1 unspecified atom stereocenters. The summed E-state index contributed by atoms with van der Waals surface area (Å²) >= 11 is 0. The Bertz CT molecular complexity index is 321. The molecule has 6 heteroatoms. The quantitative estimate of drug-likeness (QED) is 0.599. The third kappa shape index (κ3) is 2.92. The summed E-state index contributed by atoms with van der Waals surface area (Å²) in [6, 6.07) is 0. The highest BCUT2D eigenvalue weighted by atomic mass is 19.3. The maximum absolute atomic E-state index is 12.7. The molecule has 0 aromatic rings. The smallest absolute Gasteiger partial charge is 0.323 e. The molecule has 1 rings (SSSR count). The van der Waals surface area contributed by atoms with Crippen molar-refractivity contribution in [3.63, 3.8) is 0 Å². The minimum absolute atomic E-state index is 0.0720. The molecule has 1 saturated carbocycles. The number of hydrogen-bond acceptors (Lipinski definition) is 3. The molecule has 0 saturated heterocycles. The molecule has 0 aliphatic heterocycles. The first-order valence-corrected chi connectivity index (χ1v) is 5.50. The lowest BCUT2D eigenvalue weighted by atomic mass is 9.70. The number of rotatable bonds is 5. The van der Waals surface area contributed by atoms with Gasteiger partial charge in [0.25, 0.3) is 0 Å². The van der Waals surface area contributed by atoms with Crippen molar-refractivity contribution in [2.45, 2.75) is 39.0 Å². The number of halogens is 2. The second-order valence-corrected chi connectivity index (χ2v) is 4.69. The Morgan fingerprint density at radius 1 is 1.47 bits per heavy atom. The van der Waals surface area contributed by atoms with Crippen LogP contribution in [0.25, 0.3) is 0 Å². The Hall–Kier alpha value is -1.20. The molecule has 0 heterocycles. The molecular weight excluding hydrogens is 234 g/mol. The van der Waals surface area contributed by atoms with Crippen molar-refractivity contribution in [2.75, 3.05) is 6.61 Å². The number of carbonyl (C=O) groups is 2. The van der Waals surface area contributed by atoms with Gasteiger partial charge in [-0.05, 0) is 26.2 Å². The second kappa shape index (κ2) is 4.58. The number of hydrogen-bond donors (Lipinski definition) is 1. The zero-order valence-corrected chi connectivity index (χ0v) is 9.83. The minimum Gasteiger partial charge on any atom is -0.480 e. The van der Waals surface area contributed by atoms with Crippen molar-refractivity contribution in [1.82, 2.24) is 0 Å². The van der Waals surface area contributed by atoms with Gasteiger partial charge in [-0.15, -0.1) is 0 Å². The highest BCUT2D eigenvalue weighted by Gasteiger charge is 2.52. The number of esters is 1. The fourth-order valence-corrected chi connectivity index (χ4v) is 2.05. The van der Waals surface area contributed by atoms with Crippen LogP contribution in [0.5, 0.6) is 0 Å². The van der Waals surface area contributed by atoms with E-state index in [0.717, 1.165) is 0 Å². The van der Waals surface area contributed by atoms with E-state index < -0.39 is 29.2 Å². The molecular formula is C11H16F2O4. The first-order valence-electron chi connectivity index (χ1n) is 5.50. The predicted octanol–water partition coefficient (Wildman–Crippen LogP) is 2.08. The van der Waals surface area contributed by atoms with E-state index in [9.17, 15) is 18.4 Å². The standard InChI is InChI=1S/C11H16F2O4/c1-3-17-9(16)10(2,8(14)15)4-7-5-11(12,13)6-7/h7H,3-6H2,1-2H3,(H,14,15). The average Bonchev–Trinajstić information content (AvgIpc) is 2.14. The van der Waals surface area contributed by atoms with Crippen LogP contribution in [0.2, 0.25) is 0 Å². The van der Waals surface area contributed by atoms with Gasteiger partial charge in [0.05, 0.1) is 6.61 Å². The zero-order chi connectivity index (χ0) is 13.3. The molecule has 0 amide bonds. The summed E-state index contributed by atoms with van der Waals surface area (Å²) in [6.45, 7) is 2.87. The molecule has 4 nitrogen and oxygen atoms in total. The van der Waals surface area contributed by atoms with E-state index >= 15 is 0 Å². The topological polar surface area (TPSA) is 63.6 Å². The number of ether oxygens (including phenoxy) is 1. The van der Waals surface area contributed by atoms with Gasteiger partial charge in [-0.1, -0.05) is 0 Å². The van der Waals surface area contributed by atoms with Crippen LogP contribution in [0.4, 0.5) is 8.78 Å². The largest absolute Gasteiger partial charge is 0.480 e. The van der Waals surface area contributed by atoms with Crippen molar-refractivity contribution in [1.29, 1.82) is 0 Å². The van der Waals surface area contributed by atoms with E-state index in [0.29, 0.717) is 0 Å². The van der Waals surface area contributed by atoms with E-state index in [4.69, 9.17) is 5.11 Å². The molecule has 1 aliphatic rings. The lowest BCUT2D eigenvalue weighted by Crippen LogP contribution is -2.44. The summed E-state index contributed by atoms with van der Waals surface area (Å²) < 4.78 is 30.0. The van der Waals surface area contributed by atoms with Gasteiger partial charge in [-0.3, -0.25) is 9.59 Å². The molecule has 0 aromatic heterocycles. The summed E-state index contributed by atoms with van der Waals surface area (Å²) in [4.78, 5) is 22.6. The summed E-state index contributed by atoms with van der Waals surface area (Å²) in [6.07, 6.45) is -0.804. The Labute approximate surface area is 97.9 Å². The summed E-state index contributed by atoms with van der Waals surface area (Å²) in [5.41, 5.74) is -1.73. The Kier molecular flexibility index (Phi) is 3.74. The van der Waals surface area contributed by atoms with Crippen LogP contribution in [0.3, 0.4) is 0 Å². The maximum atomic E-state index is 12.7. The Balaban J connectivity index is 2.67. The normalized spacial score (nSPS) is 22.4. The molecule has 0 spiro atoms. The van der Waals surface area contributed by atoms with Crippen molar-refractivity contribution in [2.24, 2.45) is 11.3 Å². The van der Waals surface area contributed by atoms with E-state index in [1.54, 1.807) is 6.92 Å². The number of carbonyl (C=O) groups excluding carboxylic acids is 1. The van der Waals surface area contributed by atoms with Gasteiger partial charge < -0.3 is 9.84 Å². The van der Waals surface area contributed by atoms with E-state index in [1.807, 2.05) is 0 Å². The summed E-state index contributed by atoms with van der Waals surface area (Å²) in [7, 11) is 0. The van der Waals surface area contributed by atoms with Crippen LogP contribution >= 0.6 is 0 Å². The van der Waals surface area contributed by atoms with Gasteiger partial charge in [-0.2, -0.15) is 0 Å². The Morgan fingerprint density at radius 2 is 2.00 bits per heavy atom. The molecule has 1 fully saturated rings. The van der Waals surface area contributed by atoms with Crippen LogP contribution in [-0.2, 0) is 14.3 Å². The van der Waals surface area contributed by atoms with Crippen LogP contribution in [0.1, 0.15) is 33.1 Å². The number of carboxylic acids is 1. The van der Waals surface area contributed by atoms with Crippen LogP contribution in [0.15, 0.2) is 0 Å². The van der Waals surface area contributed by atoms with E-state index in [2.05, 4.69) is 4.74 Å². The lowest BCUT2D eigenvalue weighted by molar-refractivity contribution is -0.174. The van der Waals surface area contributed by atoms with Crippen molar-refractivity contribution < 1.29 is 28.2 Å². The van der Waals surface area contributed by atoms with Crippen LogP contribution in [0, 0.1) is 11.3 Å². The fourth-order valence-electron chi connectivity index (χ4n) is 2.05. The molecule has 1 aliphatic carbocycles. The monoisotopic (exact) mass is 250 g/mol. The third-order valence-corrected chi connectivity index (χ3v) is 3.07. The van der Waals surface area contributed by atoms with Crippen molar-refractivity contribution >= 4 is 11.9 Å². The fraction of sp³-hybridized carbons (Fsp3) is 0.818. The van der Waals surface area contributed by atoms with Gasteiger partial charge in [0.2, 0.25) is 5.92 Å². The van der Waals surface area contributed by atoms with Gasteiger partial charge in [0, 0.05) is 12.8 Å². The van der Waals surface area contributed by atoms with Crippen LogP contribution in [-0.4, -0.2) is 29.6 Å². The molecule has 0 radical (unpaired) electrons. The number of aliphatic carboxylic acids is 1. The van der Waals surface area contributed by atoms with Crippen molar-refractivity contribution in [3.8, 4) is 0 Å². The SMILES string of the molecule is CCOC(=O)C(C)(CC1CC(F)(F)C1)C(=O)O. The number of carboxylic acid groups (broad SMARTS) is 1. The maximum Gasteiger partial charge on any atom is 0.323 e. The zero-order valence-electron chi connectivity index (χ0n) is 9.83. The minimum atomic E-state index is -2.71. The average molecular weight is 250 g/mol. The Morgan fingerprint density at radius 3 is 2.35 bits per heavy atom. The van der Waals surface area contributed by atoms with Gasteiger partial charge in [0.15, 0.2) is 5.41 Å². The summed E-state index contributed by atoms with van der Waals surface area (Å²) in [5.74, 6) is -5.33. The van der Waals surface area contributed by atoms with Gasteiger partial charge in [0.1, 0.15) is 0 Å². The highest BCUT2D eigenvalue weighted by Crippen LogP contribution is 2.47. The first-order chi connectivity index (χ1) is 7.71. The van der Waals surface area contributed by atoms with E-state index in [-0.39, 0.29) is 25.9 Å². The second-order valence-electron chi connectivity index (χ2n) is 4.69. The third-order valence-electron chi connectivity index (χ3n) is 3.07. The molecule has 1 N–H and O–H groups in total. The lowest BCUT2D eigenvalue weighted by Gasteiger charge is -2.38. The molecule has 1 atom stereocenters.